The second-order valence-corrected chi connectivity index (χ2v) is 12.8. The van der Waals surface area contributed by atoms with Crippen LogP contribution in [0.2, 0.25) is 0 Å². The number of hydrogen-bond acceptors (Lipinski definition) is 5. The molecule has 9 heteroatoms. The number of Topliss-reactive ketones (excluding diaryl/α,β-unsaturated/α-hetero) is 1. The Kier molecular flexibility index (Phi) is 16.5. The van der Waals surface area contributed by atoms with Gasteiger partial charge in [0.25, 0.3) is 5.91 Å². The summed E-state index contributed by atoms with van der Waals surface area (Å²) >= 11 is 6.18. The first-order chi connectivity index (χ1) is 19.8. The number of alkyl halides is 1. The van der Waals surface area contributed by atoms with E-state index in [-0.39, 0.29) is 17.0 Å². The molecule has 2 aromatic carbocycles. The Bertz CT molecular complexity index is 1170. The molecule has 1 atom stereocenters. The number of carbonyl (C=O) groups excluding carboxylic acids is 2. The molecule has 1 amide bonds. The van der Waals surface area contributed by atoms with Gasteiger partial charge in [-0.1, -0.05) is 115 Å². The Balaban J connectivity index is 1.69. The minimum Gasteiger partial charge on any atom is -0.495 e. The number of ether oxygens (including phenoxy) is 1. The lowest BCUT2D eigenvalue weighted by Crippen LogP contribution is -2.30. The summed E-state index contributed by atoms with van der Waals surface area (Å²) in [5, 5.41) is 1.10. The first-order valence-electron chi connectivity index (χ1n) is 15.0. The average Bonchev–Trinajstić information content (AvgIpc) is 2.96. The fourth-order valence-electron chi connectivity index (χ4n) is 4.66. The molecule has 0 aliphatic rings. The van der Waals surface area contributed by atoms with Gasteiger partial charge in [0.15, 0.2) is 11.2 Å². The van der Waals surface area contributed by atoms with E-state index in [2.05, 4.69) is 17.0 Å². The zero-order chi connectivity index (χ0) is 29.9. The lowest BCUT2D eigenvalue weighted by molar-refractivity contribution is -0.115. The van der Waals surface area contributed by atoms with Gasteiger partial charge in [0.1, 0.15) is 5.75 Å². The first kappa shape index (κ1) is 34.6. The number of unbranched alkanes of at least 4 members (excludes halogenated alkanes) is 13. The minimum absolute atomic E-state index is 0.0165. The van der Waals surface area contributed by atoms with Crippen LogP contribution in [0, 0.1) is 0 Å². The third kappa shape index (κ3) is 13.8. The second kappa shape index (κ2) is 19.5. The molecule has 0 aliphatic carbocycles. The van der Waals surface area contributed by atoms with Crippen LogP contribution < -0.4 is 14.8 Å². The van der Waals surface area contributed by atoms with Crippen LogP contribution in [0.5, 0.6) is 5.75 Å². The van der Waals surface area contributed by atoms with E-state index in [0.29, 0.717) is 17.9 Å². The summed E-state index contributed by atoms with van der Waals surface area (Å²) in [6.45, 7) is 2.24. The molecule has 0 fully saturated rings. The van der Waals surface area contributed by atoms with E-state index in [4.69, 9.17) is 16.3 Å². The Morgan fingerprint density at radius 1 is 0.805 bits per heavy atom. The Labute approximate surface area is 251 Å². The molecule has 1 unspecified atom stereocenters. The van der Waals surface area contributed by atoms with Crippen molar-refractivity contribution in [2.24, 2.45) is 0 Å². The number of rotatable bonds is 22. The number of para-hydroxylation sites is 2. The van der Waals surface area contributed by atoms with Crippen molar-refractivity contribution < 1.29 is 22.7 Å². The normalized spacial score (nSPS) is 12.1. The monoisotopic (exact) mass is 606 g/mol. The predicted octanol–water partition coefficient (Wildman–Crippen LogP) is 8.35. The van der Waals surface area contributed by atoms with Gasteiger partial charge < -0.3 is 10.1 Å². The maximum Gasteiger partial charge on any atom is 0.250 e. The maximum absolute atomic E-state index is 12.9. The van der Waals surface area contributed by atoms with Gasteiger partial charge in [-0.05, 0) is 30.7 Å². The quantitative estimate of drug-likeness (QED) is 0.0607. The van der Waals surface area contributed by atoms with E-state index < -0.39 is 27.1 Å². The highest BCUT2D eigenvalue weighted by Crippen LogP contribution is 2.24. The van der Waals surface area contributed by atoms with Gasteiger partial charge >= 0.3 is 0 Å². The summed E-state index contributed by atoms with van der Waals surface area (Å²) < 4.78 is 33.0. The van der Waals surface area contributed by atoms with Crippen LogP contribution in [0.25, 0.3) is 0 Å². The molecule has 0 saturated heterocycles. The number of amides is 1. The van der Waals surface area contributed by atoms with Gasteiger partial charge in [0, 0.05) is 11.3 Å². The van der Waals surface area contributed by atoms with Crippen molar-refractivity contribution in [2.45, 2.75) is 102 Å². The van der Waals surface area contributed by atoms with E-state index in [1.54, 1.807) is 36.4 Å². The third-order valence-electron chi connectivity index (χ3n) is 7.01. The van der Waals surface area contributed by atoms with Crippen molar-refractivity contribution in [1.29, 1.82) is 0 Å². The second-order valence-electron chi connectivity index (χ2n) is 10.5. The lowest BCUT2D eigenvalue weighted by Gasteiger charge is -2.13. The number of ketones is 1. The van der Waals surface area contributed by atoms with Crippen LogP contribution in [-0.4, -0.2) is 38.3 Å². The zero-order valence-corrected chi connectivity index (χ0v) is 26.2. The topological polar surface area (TPSA) is 102 Å². The molecule has 2 aromatic rings. The van der Waals surface area contributed by atoms with Gasteiger partial charge in [0.2, 0.25) is 10.0 Å². The van der Waals surface area contributed by atoms with Crippen molar-refractivity contribution in [1.82, 2.24) is 0 Å². The number of nitrogens with one attached hydrogen (secondary N) is 2. The smallest absolute Gasteiger partial charge is 0.250 e. The van der Waals surface area contributed by atoms with E-state index in [1.807, 2.05) is 0 Å². The van der Waals surface area contributed by atoms with E-state index in [0.717, 1.165) is 19.3 Å². The first-order valence-corrected chi connectivity index (χ1v) is 17.1. The van der Waals surface area contributed by atoms with E-state index in [9.17, 15) is 18.0 Å². The van der Waals surface area contributed by atoms with Crippen LogP contribution in [0.1, 0.15) is 107 Å². The number of carbonyl (C=O) groups is 2. The number of halogens is 1. The van der Waals surface area contributed by atoms with Crippen molar-refractivity contribution >= 4 is 44.7 Å². The van der Waals surface area contributed by atoms with Gasteiger partial charge in [-0.25, -0.2) is 8.42 Å². The van der Waals surface area contributed by atoms with Crippen molar-refractivity contribution in [3.8, 4) is 5.75 Å². The van der Waals surface area contributed by atoms with Crippen LogP contribution in [0.15, 0.2) is 48.5 Å². The predicted molar refractivity (Wildman–Crippen MR) is 170 cm³/mol. The minimum atomic E-state index is -3.57. The molecule has 0 radical (unpaired) electrons. The summed E-state index contributed by atoms with van der Waals surface area (Å²) in [5.41, 5.74) is 0.788. The molecule has 2 rings (SSSR count). The molecule has 0 saturated carbocycles. The molecule has 7 nitrogen and oxygen atoms in total. The van der Waals surface area contributed by atoms with E-state index >= 15 is 0 Å². The lowest BCUT2D eigenvalue weighted by atomic mass is 10.0. The molecule has 0 bridgehead atoms. The molecule has 0 aliphatic heterocycles. The number of sulfonamides is 1. The fourth-order valence-corrected chi connectivity index (χ4v) is 6.02. The highest BCUT2D eigenvalue weighted by molar-refractivity contribution is 7.92. The molecule has 0 heterocycles. The number of benzene rings is 2. The van der Waals surface area contributed by atoms with Gasteiger partial charge in [0.05, 0.1) is 18.6 Å². The molecular weight excluding hydrogens is 560 g/mol. The van der Waals surface area contributed by atoms with Gasteiger partial charge in [-0.3, -0.25) is 14.3 Å². The zero-order valence-electron chi connectivity index (χ0n) is 24.6. The number of methoxy groups -OCH3 is 1. The third-order valence-corrected chi connectivity index (χ3v) is 8.78. The van der Waals surface area contributed by atoms with Gasteiger partial charge in [-0.2, -0.15) is 0 Å². The molecule has 228 valence electrons. The fraction of sp³-hybridized carbons (Fsp3) is 0.562. The highest BCUT2D eigenvalue weighted by Gasteiger charge is 2.26. The van der Waals surface area contributed by atoms with Crippen LogP contribution in [-0.2, 0) is 14.8 Å². The molecule has 0 aromatic heterocycles. The Morgan fingerprint density at radius 3 is 1.95 bits per heavy atom. The SMILES string of the molecule is CCCCCCCCCCCCCCCCS(=O)(=O)Nc1cccc(C(=O)C(Cl)C(=O)Nc2ccccc2OC)c1. The van der Waals surface area contributed by atoms with Crippen molar-refractivity contribution in [3.05, 3.63) is 54.1 Å². The largest absolute Gasteiger partial charge is 0.495 e. The van der Waals surface area contributed by atoms with E-state index in [1.165, 1.54) is 83.5 Å². The van der Waals surface area contributed by atoms with Crippen molar-refractivity contribution in [2.75, 3.05) is 22.9 Å². The van der Waals surface area contributed by atoms with Crippen LogP contribution >= 0.6 is 11.6 Å². The molecular formula is C32H47ClN2O5S. The Hall–Kier alpha value is -2.58. The van der Waals surface area contributed by atoms with Crippen LogP contribution in [0.3, 0.4) is 0 Å². The van der Waals surface area contributed by atoms with Gasteiger partial charge in [-0.15, -0.1) is 11.6 Å². The summed E-state index contributed by atoms with van der Waals surface area (Å²) in [5.74, 6) is -0.882. The summed E-state index contributed by atoms with van der Waals surface area (Å²) in [6, 6.07) is 12.8. The van der Waals surface area contributed by atoms with Crippen LogP contribution in [0.4, 0.5) is 11.4 Å². The Morgan fingerprint density at radius 2 is 1.37 bits per heavy atom. The average molecular weight is 607 g/mol. The number of hydrogen-bond donors (Lipinski definition) is 2. The van der Waals surface area contributed by atoms with Crippen molar-refractivity contribution in [3.63, 3.8) is 0 Å². The molecule has 2 N–H and O–H groups in total. The maximum atomic E-state index is 12.9. The summed E-state index contributed by atoms with van der Waals surface area (Å²) in [6.07, 6.45) is 16.8. The molecule has 0 spiro atoms. The highest BCUT2D eigenvalue weighted by atomic mass is 35.5. The summed E-state index contributed by atoms with van der Waals surface area (Å²) in [7, 11) is -2.09. The standard InChI is InChI=1S/C32H47ClN2O5S/c1-3-4-5-6-7-8-9-10-11-12-13-14-15-18-24-41(38,39)35-27-21-19-20-26(25-27)31(36)30(33)32(37)34-28-22-16-17-23-29(28)40-2/h16-17,19-23,25,30,35H,3-15,18,24H2,1-2H3,(H,34,37). The molecule has 41 heavy (non-hydrogen) atoms. The number of anilines is 2. The summed E-state index contributed by atoms with van der Waals surface area (Å²) in [4.78, 5) is 25.5.